The Labute approximate surface area is 154 Å². The van der Waals surface area contributed by atoms with Gasteiger partial charge in [-0.3, -0.25) is 4.99 Å². The maximum Gasteiger partial charge on any atom is 0.212 e. The number of benzene rings is 1. The van der Waals surface area contributed by atoms with Crippen LogP contribution in [0.15, 0.2) is 53.7 Å². The fraction of sp³-hybridized carbons (Fsp3) is 0.294. The lowest BCUT2D eigenvalue weighted by atomic mass is 10.1. The highest BCUT2D eigenvalue weighted by Gasteiger charge is 2.07. The minimum atomic E-state index is 0. The first-order chi connectivity index (χ1) is 10.7. The van der Waals surface area contributed by atoms with Gasteiger partial charge in [0.2, 0.25) is 5.88 Å². The zero-order valence-corrected chi connectivity index (χ0v) is 15.9. The fourth-order valence-electron chi connectivity index (χ4n) is 2.05. The van der Waals surface area contributed by atoms with Crippen molar-refractivity contribution in [2.75, 3.05) is 14.2 Å². The summed E-state index contributed by atoms with van der Waals surface area (Å²) in [6.45, 7) is 2.76. The van der Waals surface area contributed by atoms with Gasteiger partial charge in [0, 0.05) is 25.9 Å². The Bertz CT molecular complexity index is 602. The van der Waals surface area contributed by atoms with E-state index in [0.29, 0.717) is 12.4 Å². The van der Waals surface area contributed by atoms with Gasteiger partial charge in [-0.1, -0.05) is 36.4 Å². The third-order valence-electron chi connectivity index (χ3n) is 3.34. The van der Waals surface area contributed by atoms with Gasteiger partial charge < -0.3 is 15.4 Å². The lowest BCUT2D eigenvalue weighted by molar-refractivity contribution is 0.397. The molecule has 0 spiro atoms. The molecule has 1 atom stereocenters. The topological polar surface area (TPSA) is 58.5 Å². The Balaban J connectivity index is 0.00000264. The summed E-state index contributed by atoms with van der Waals surface area (Å²) in [6.07, 6.45) is 1.79. The SMILES string of the molecule is CN=C(NCc1ccc(OC)nc1)NC(C)c1ccccc1.I. The quantitative estimate of drug-likeness (QED) is 0.438. The van der Waals surface area contributed by atoms with Gasteiger partial charge >= 0.3 is 0 Å². The Morgan fingerprint density at radius 2 is 1.96 bits per heavy atom. The monoisotopic (exact) mass is 426 g/mol. The second-order valence-corrected chi connectivity index (χ2v) is 4.91. The molecule has 2 rings (SSSR count). The lowest BCUT2D eigenvalue weighted by Gasteiger charge is -2.18. The first kappa shape index (κ1) is 19.2. The number of nitrogens with zero attached hydrogens (tertiary/aromatic N) is 2. The molecule has 1 heterocycles. The van der Waals surface area contributed by atoms with Crippen LogP contribution < -0.4 is 15.4 Å². The van der Waals surface area contributed by atoms with Crippen molar-refractivity contribution in [1.82, 2.24) is 15.6 Å². The van der Waals surface area contributed by atoms with Gasteiger partial charge in [-0.25, -0.2) is 4.98 Å². The molecule has 6 heteroatoms. The van der Waals surface area contributed by atoms with Crippen molar-refractivity contribution < 1.29 is 4.74 Å². The predicted molar refractivity (Wildman–Crippen MR) is 104 cm³/mol. The molecule has 0 aliphatic carbocycles. The van der Waals surface area contributed by atoms with Crippen LogP contribution in [0, 0.1) is 0 Å². The summed E-state index contributed by atoms with van der Waals surface area (Å²) in [6, 6.07) is 14.3. The fourth-order valence-corrected chi connectivity index (χ4v) is 2.05. The molecule has 23 heavy (non-hydrogen) atoms. The average molecular weight is 426 g/mol. The summed E-state index contributed by atoms with van der Waals surface area (Å²) in [4.78, 5) is 8.44. The van der Waals surface area contributed by atoms with Crippen molar-refractivity contribution in [2.24, 2.45) is 4.99 Å². The molecule has 1 aromatic heterocycles. The van der Waals surface area contributed by atoms with E-state index in [-0.39, 0.29) is 30.0 Å². The van der Waals surface area contributed by atoms with E-state index in [1.807, 2.05) is 30.3 Å². The van der Waals surface area contributed by atoms with E-state index in [9.17, 15) is 0 Å². The smallest absolute Gasteiger partial charge is 0.212 e. The second kappa shape index (κ2) is 10.0. The summed E-state index contributed by atoms with van der Waals surface area (Å²) < 4.78 is 5.05. The van der Waals surface area contributed by atoms with Gasteiger partial charge in [-0.2, -0.15) is 0 Å². The molecule has 0 aliphatic rings. The summed E-state index contributed by atoms with van der Waals surface area (Å²) in [5, 5.41) is 6.65. The first-order valence-corrected chi connectivity index (χ1v) is 7.24. The average Bonchev–Trinajstić information content (AvgIpc) is 2.59. The van der Waals surface area contributed by atoms with Crippen LogP contribution in [-0.4, -0.2) is 25.1 Å². The number of hydrogen-bond donors (Lipinski definition) is 2. The maximum atomic E-state index is 5.05. The number of rotatable bonds is 5. The van der Waals surface area contributed by atoms with Crippen LogP contribution in [0.4, 0.5) is 0 Å². The third kappa shape index (κ3) is 6.05. The van der Waals surface area contributed by atoms with E-state index >= 15 is 0 Å². The van der Waals surface area contributed by atoms with Crippen molar-refractivity contribution in [3.05, 3.63) is 59.8 Å². The summed E-state index contributed by atoms with van der Waals surface area (Å²) in [5.74, 6) is 1.37. The number of nitrogens with one attached hydrogen (secondary N) is 2. The highest BCUT2D eigenvalue weighted by atomic mass is 127. The van der Waals surface area contributed by atoms with Crippen molar-refractivity contribution >= 4 is 29.9 Å². The molecule has 0 radical (unpaired) electrons. The van der Waals surface area contributed by atoms with E-state index in [1.54, 1.807) is 20.4 Å². The number of ether oxygens (including phenoxy) is 1. The largest absolute Gasteiger partial charge is 0.481 e. The maximum absolute atomic E-state index is 5.05. The van der Waals surface area contributed by atoms with Crippen LogP contribution in [0.25, 0.3) is 0 Å². The molecule has 2 N–H and O–H groups in total. The molecule has 2 aromatic rings. The minimum absolute atomic E-state index is 0. The summed E-state index contributed by atoms with van der Waals surface area (Å²) in [5.41, 5.74) is 2.28. The van der Waals surface area contributed by atoms with Crippen LogP contribution in [0.2, 0.25) is 0 Å². The van der Waals surface area contributed by atoms with Crippen LogP contribution in [0.5, 0.6) is 5.88 Å². The molecule has 1 unspecified atom stereocenters. The Hall–Kier alpha value is -1.83. The molecular formula is C17H23IN4O. The zero-order chi connectivity index (χ0) is 15.8. The van der Waals surface area contributed by atoms with Crippen molar-refractivity contribution in [3.63, 3.8) is 0 Å². The van der Waals surface area contributed by atoms with E-state index < -0.39 is 0 Å². The predicted octanol–water partition coefficient (Wildman–Crippen LogP) is 3.13. The van der Waals surface area contributed by atoms with Crippen LogP contribution in [-0.2, 0) is 6.54 Å². The van der Waals surface area contributed by atoms with Crippen molar-refractivity contribution in [1.29, 1.82) is 0 Å². The summed E-state index contributed by atoms with van der Waals surface area (Å²) in [7, 11) is 3.37. The number of methoxy groups -OCH3 is 1. The van der Waals surface area contributed by atoms with Gasteiger partial charge in [0.15, 0.2) is 5.96 Å². The molecule has 0 aliphatic heterocycles. The second-order valence-electron chi connectivity index (χ2n) is 4.91. The van der Waals surface area contributed by atoms with E-state index in [4.69, 9.17) is 4.74 Å². The number of hydrogen-bond acceptors (Lipinski definition) is 3. The molecule has 5 nitrogen and oxygen atoms in total. The molecular weight excluding hydrogens is 403 g/mol. The highest BCUT2D eigenvalue weighted by molar-refractivity contribution is 14.0. The number of guanidine groups is 1. The minimum Gasteiger partial charge on any atom is -0.481 e. The van der Waals surface area contributed by atoms with Gasteiger partial charge in [0.1, 0.15) is 0 Å². The van der Waals surface area contributed by atoms with Crippen molar-refractivity contribution in [3.8, 4) is 5.88 Å². The number of halogens is 1. The molecule has 0 saturated carbocycles. The third-order valence-corrected chi connectivity index (χ3v) is 3.34. The number of pyridine rings is 1. The van der Waals surface area contributed by atoms with Crippen LogP contribution >= 0.6 is 24.0 Å². The molecule has 0 amide bonds. The number of aromatic nitrogens is 1. The van der Waals surface area contributed by atoms with Gasteiger partial charge in [-0.15, -0.1) is 24.0 Å². The van der Waals surface area contributed by atoms with Crippen LogP contribution in [0.1, 0.15) is 24.1 Å². The van der Waals surface area contributed by atoms with Crippen LogP contribution in [0.3, 0.4) is 0 Å². The summed E-state index contributed by atoms with van der Waals surface area (Å²) >= 11 is 0. The van der Waals surface area contributed by atoms with E-state index in [1.165, 1.54) is 5.56 Å². The zero-order valence-electron chi connectivity index (χ0n) is 13.6. The number of aliphatic imine (C=N–C) groups is 1. The van der Waals surface area contributed by atoms with E-state index in [0.717, 1.165) is 11.5 Å². The lowest BCUT2D eigenvalue weighted by Crippen LogP contribution is -2.38. The van der Waals surface area contributed by atoms with Gasteiger partial charge in [0.05, 0.1) is 13.2 Å². The first-order valence-electron chi connectivity index (χ1n) is 7.24. The Morgan fingerprint density at radius 3 is 2.52 bits per heavy atom. The highest BCUT2D eigenvalue weighted by Crippen LogP contribution is 2.11. The van der Waals surface area contributed by atoms with Crippen molar-refractivity contribution in [2.45, 2.75) is 19.5 Å². The molecule has 124 valence electrons. The normalized spacial score (nSPS) is 12.0. The standard InChI is InChI=1S/C17H22N4O.HI/c1-13(15-7-5-4-6-8-15)21-17(18-2)20-12-14-9-10-16(22-3)19-11-14;/h4-11,13H,12H2,1-3H3,(H2,18,20,21);1H. The Morgan fingerprint density at radius 1 is 1.22 bits per heavy atom. The molecule has 0 bridgehead atoms. The van der Waals surface area contributed by atoms with E-state index in [2.05, 4.69) is 39.7 Å². The Kier molecular flexibility index (Phi) is 8.39. The van der Waals surface area contributed by atoms with Gasteiger partial charge in [0.25, 0.3) is 0 Å². The molecule has 0 saturated heterocycles. The molecule has 1 aromatic carbocycles. The molecule has 0 fully saturated rings. The van der Waals surface area contributed by atoms with Gasteiger partial charge in [-0.05, 0) is 18.1 Å².